The fourth-order valence-corrected chi connectivity index (χ4v) is 6.14. The lowest BCUT2D eigenvalue weighted by atomic mass is 10.0. The van der Waals surface area contributed by atoms with Crippen LogP contribution in [0.25, 0.3) is 5.57 Å². The number of methoxy groups -OCH3 is 1. The molecule has 30 heavy (non-hydrogen) atoms. The molecule has 2 aliphatic heterocycles. The molecule has 154 valence electrons. The summed E-state index contributed by atoms with van der Waals surface area (Å²) in [4.78, 5) is 18.8. The van der Waals surface area contributed by atoms with Gasteiger partial charge in [-0.3, -0.25) is 9.69 Å². The van der Waals surface area contributed by atoms with Crippen LogP contribution in [-0.2, 0) is 4.79 Å². The normalized spacial score (nSPS) is 19.0. The standard InChI is InChI=1S/C23H22N2O2S3/c1-4-24-18-12-11-16(27-3)13-19(18)29-20(24)14-17(15-9-7-6-8-10-15)21-22(26)25(5-2)23(28)30-21/h6-14H,4-5H2,1-3H3/b20-14+,21-17-. The Kier molecular flexibility index (Phi) is 6.22. The Hall–Kier alpha value is -2.22. The summed E-state index contributed by atoms with van der Waals surface area (Å²) in [5, 5.41) is 1.08. The van der Waals surface area contributed by atoms with Crippen molar-refractivity contribution in [1.29, 1.82) is 0 Å². The van der Waals surface area contributed by atoms with Gasteiger partial charge in [0.25, 0.3) is 5.91 Å². The van der Waals surface area contributed by atoms with Crippen LogP contribution >= 0.6 is 35.7 Å². The Balaban J connectivity index is 1.83. The lowest BCUT2D eigenvalue weighted by molar-refractivity contribution is -0.122. The van der Waals surface area contributed by atoms with E-state index in [0.29, 0.717) is 15.8 Å². The van der Waals surface area contributed by atoms with Crippen molar-refractivity contribution in [3.63, 3.8) is 0 Å². The van der Waals surface area contributed by atoms with Crippen LogP contribution in [0.2, 0.25) is 0 Å². The van der Waals surface area contributed by atoms with Crippen molar-refractivity contribution >= 4 is 57.2 Å². The maximum Gasteiger partial charge on any atom is 0.266 e. The van der Waals surface area contributed by atoms with Crippen LogP contribution in [0.3, 0.4) is 0 Å². The van der Waals surface area contributed by atoms with E-state index in [2.05, 4.69) is 30.0 Å². The van der Waals surface area contributed by atoms with E-state index < -0.39 is 0 Å². The molecule has 2 heterocycles. The smallest absolute Gasteiger partial charge is 0.266 e. The summed E-state index contributed by atoms with van der Waals surface area (Å²) >= 11 is 8.54. The van der Waals surface area contributed by atoms with E-state index in [1.807, 2.05) is 43.3 Å². The molecule has 1 amide bonds. The zero-order chi connectivity index (χ0) is 21.3. The quantitative estimate of drug-likeness (QED) is 0.422. The number of thioether (sulfide) groups is 2. The highest BCUT2D eigenvalue weighted by Crippen LogP contribution is 2.49. The summed E-state index contributed by atoms with van der Waals surface area (Å²) in [5.74, 6) is 0.819. The average molecular weight is 455 g/mol. The molecule has 1 saturated heterocycles. The van der Waals surface area contributed by atoms with E-state index in [-0.39, 0.29) is 5.91 Å². The molecule has 1 fully saturated rings. The van der Waals surface area contributed by atoms with Gasteiger partial charge < -0.3 is 9.64 Å². The third-order valence-corrected chi connectivity index (χ3v) is 7.58. The van der Waals surface area contributed by atoms with E-state index in [0.717, 1.165) is 39.0 Å². The number of likely N-dealkylation sites (N-methyl/N-ethyl adjacent to an activating group) is 1. The van der Waals surface area contributed by atoms with Crippen LogP contribution in [-0.4, -0.2) is 35.3 Å². The number of hydrogen-bond donors (Lipinski definition) is 0. The number of carbonyl (C=O) groups excluding carboxylic acids is 1. The van der Waals surface area contributed by atoms with Crippen molar-refractivity contribution in [3.05, 3.63) is 70.1 Å². The second-order valence-corrected chi connectivity index (χ2v) is 9.40. The number of amides is 1. The maximum atomic E-state index is 13.1. The first-order valence-corrected chi connectivity index (χ1v) is 11.8. The molecule has 0 N–H and O–H groups in total. The second-order valence-electron chi connectivity index (χ2n) is 6.69. The largest absolute Gasteiger partial charge is 0.497 e. The van der Waals surface area contributed by atoms with Crippen molar-refractivity contribution in [1.82, 2.24) is 4.90 Å². The number of carbonyl (C=O) groups is 1. The monoisotopic (exact) mass is 454 g/mol. The number of allylic oxidation sites excluding steroid dienone is 2. The van der Waals surface area contributed by atoms with E-state index in [9.17, 15) is 4.79 Å². The van der Waals surface area contributed by atoms with Gasteiger partial charge in [0.2, 0.25) is 0 Å². The minimum atomic E-state index is -0.0200. The van der Waals surface area contributed by atoms with Crippen molar-refractivity contribution in [2.75, 3.05) is 25.1 Å². The second kappa shape index (κ2) is 8.88. The molecule has 0 bridgehead atoms. The fraction of sp³-hybridized carbons (Fsp3) is 0.217. The number of anilines is 1. The van der Waals surface area contributed by atoms with Gasteiger partial charge >= 0.3 is 0 Å². The summed E-state index contributed by atoms with van der Waals surface area (Å²) in [6.45, 7) is 5.49. The lowest BCUT2D eigenvalue weighted by Gasteiger charge is -2.19. The highest BCUT2D eigenvalue weighted by atomic mass is 32.2. The van der Waals surface area contributed by atoms with Gasteiger partial charge in [-0.2, -0.15) is 0 Å². The van der Waals surface area contributed by atoms with Crippen molar-refractivity contribution < 1.29 is 9.53 Å². The number of hydrogen-bond acceptors (Lipinski definition) is 6. The number of benzene rings is 2. The molecule has 0 radical (unpaired) electrons. The number of fused-ring (bicyclic) bond motifs is 1. The van der Waals surface area contributed by atoms with Gasteiger partial charge in [-0.15, -0.1) is 0 Å². The molecule has 7 heteroatoms. The molecular weight excluding hydrogens is 432 g/mol. The summed E-state index contributed by atoms with van der Waals surface area (Å²) in [5.41, 5.74) is 3.07. The van der Waals surface area contributed by atoms with E-state index in [4.69, 9.17) is 17.0 Å². The summed E-state index contributed by atoms with van der Waals surface area (Å²) in [6, 6.07) is 16.2. The van der Waals surface area contributed by atoms with Crippen molar-refractivity contribution in [2.24, 2.45) is 0 Å². The highest BCUT2D eigenvalue weighted by molar-refractivity contribution is 8.26. The van der Waals surface area contributed by atoms with Gasteiger partial charge in [0, 0.05) is 23.6 Å². The fourth-order valence-electron chi connectivity index (χ4n) is 3.50. The first-order valence-electron chi connectivity index (χ1n) is 9.75. The van der Waals surface area contributed by atoms with Gasteiger partial charge in [-0.25, -0.2) is 0 Å². The molecule has 0 aliphatic carbocycles. The Morgan fingerprint density at radius 3 is 2.43 bits per heavy atom. The molecule has 2 aromatic rings. The van der Waals surface area contributed by atoms with E-state index >= 15 is 0 Å². The molecule has 0 aromatic heterocycles. The Bertz CT molecular complexity index is 1060. The first-order chi connectivity index (χ1) is 14.6. The van der Waals surface area contributed by atoms with Gasteiger partial charge in [0.15, 0.2) is 0 Å². The summed E-state index contributed by atoms with van der Waals surface area (Å²) in [7, 11) is 1.68. The average Bonchev–Trinajstić information content (AvgIpc) is 3.27. The van der Waals surface area contributed by atoms with Crippen LogP contribution in [0.15, 0.2) is 69.4 Å². The summed E-state index contributed by atoms with van der Waals surface area (Å²) < 4.78 is 6.01. The molecular formula is C23H22N2O2S3. The Morgan fingerprint density at radius 1 is 1.07 bits per heavy atom. The molecule has 0 spiro atoms. The minimum Gasteiger partial charge on any atom is -0.497 e. The molecule has 0 saturated carbocycles. The molecule has 2 aliphatic rings. The van der Waals surface area contributed by atoms with E-state index in [1.165, 1.54) is 11.8 Å². The Labute approximate surface area is 191 Å². The molecule has 0 unspecified atom stereocenters. The topological polar surface area (TPSA) is 32.8 Å². The van der Waals surface area contributed by atoms with E-state index in [1.54, 1.807) is 23.8 Å². The van der Waals surface area contributed by atoms with Crippen LogP contribution in [0.5, 0.6) is 5.75 Å². The SMILES string of the molecule is CCN1C(=O)/C(=C(\C=C2\Sc3cc(OC)ccc3N2CC)c2ccccc2)SC1=S. The maximum absolute atomic E-state index is 13.1. The molecule has 4 rings (SSSR count). The number of thiocarbonyl (C=S) groups is 1. The predicted molar refractivity (Wildman–Crippen MR) is 131 cm³/mol. The van der Waals surface area contributed by atoms with Gasteiger partial charge in [-0.05, 0) is 43.7 Å². The predicted octanol–water partition coefficient (Wildman–Crippen LogP) is 5.76. The third kappa shape index (κ3) is 3.77. The van der Waals surface area contributed by atoms with Crippen LogP contribution in [0.1, 0.15) is 19.4 Å². The number of rotatable bonds is 5. The zero-order valence-corrected chi connectivity index (χ0v) is 19.5. The van der Waals surface area contributed by atoms with Gasteiger partial charge in [-0.1, -0.05) is 66.1 Å². The summed E-state index contributed by atoms with van der Waals surface area (Å²) in [6.07, 6.45) is 2.12. The van der Waals surface area contributed by atoms with Crippen LogP contribution < -0.4 is 9.64 Å². The molecule has 4 nitrogen and oxygen atoms in total. The van der Waals surface area contributed by atoms with Crippen LogP contribution in [0.4, 0.5) is 5.69 Å². The van der Waals surface area contributed by atoms with Crippen molar-refractivity contribution in [2.45, 2.75) is 18.7 Å². The third-order valence-electron chi connectivity index (χ3n) is 5.02. The minimum absolute atomic E-state index is 0.0200. The van der Waals surface area contributed by atoms with Crippen molar-refractivity contribution in [3.8, 4) is 5.75 Å². The van der Waals surface area contributed by atoms with Crippen LogP contribution in [0, 0.1) is 0 Å². The Morgan fingerprint density at radius 2 is 1.80 bits per heavy atom. The molecule has 0 atom stereocenters. The number of nitrogens with zero attached hydrogens (tertiary/aromatic N) is 2. The lowest BCUT2D eigenvalue weighted by Crippen LogP contribution is -2.27. The number of ether oxygens (including phenoxy) is 1. The first kappa shape index (κ1) is 21.0. The van der Waals surface area contributed by atoms with Gasteiger partial charge in [0.1, 0.15) is 10.1 Å². The zero-order valence-electron chi connectivity index (χ0n) is 17.0. The highest BCUT2D eigenvalue weighted by Gasteiger charge is 2.34. The van der Waals surface area contributed by atoms with Gasteiger partial charge in [0.05, 0.1) is 22.7 Å². The molecule has 2 aromatic carbocycles.